The predicted octanol–water partition coefficient (Wildman–Crippen LogP) is 2.32. The second-order valence-electron chi connectivity index (χ2n) is 6.93. The van der Waals surface area contributed by atoms with Gasteiger partial charge in [-0.05, 0) is 43.4 Å². The molecule has 0 radical (unpaired) electrons. The molecule has 2 fully saturated rings. The number of carboxylic acids is 1. The van der Waals surface area contributed by atoms with Crippen molar-refractivity contribution in [1.29, 1.82) is 0 Å². The van der Waals surface area contributed by atoms with Crippen LogP contribution in [0, 0.1) is 11.8 Å². The minimum Gasteiger partial charge on any atom is -0.481 e. The first-order valence-corrected chi connectivity index (χ1v) is 8.94. The number of hydrogen-bond acceptors (Lipinski definition) is 3. The Morgan fingerprint density at radius 2 is 1.84 bits per heavy atom. The van der Waals surface area contributed by atoms with Crippen LogP contribution in [0.3, 0.4) is 0 Å². The Labute approximate surface area is 147 Å². The molecular formula is C19H24N2O4. The van der Waals surface area contributed by atoms with Gasteiger partial charge in [0.2, 0.25) is 11.8 Å². The summed E-state index contributed by atoms with van der Waals surface area (Å²) in [5, 5.41) is 12.0. The molecule has 1 saturated carbocycles. The van der Waals surface area contributed by atoms with Gasteiger partial charge in [-0.25, -0.2) is 0 Å². The van der Waals surface area contributed by atoms with Crippen LogP contribution in [0.5, 0.6) is 0 Å². The Morgan fingerprint density at radius 1 is 1.12 bits per heavy atom. The first-order valence-electron chi connectivity index (χ1n) is 8.94. The molecule has 0 bridgehead atoms. The van der Waals surface area contributed by atoms with E-state index in [0.717, 1.165) is 37.1 Å². The molecule has 1 aliphatic heterocycles. The Hall–Kier alpha value is -2.37. The molecular weight excluding hydrogens is 320 g/mol. The van der Waals surface area contributed by atoms with Gasteiger partial charge >= 0.3 is 5.97 Å². The van der Waals surface area contributed by atoms with Gasteiger partial charge in [0.1, 0.15) is 0 Å². The summed E-state index contributed by atoms with van der Waals surface area (Å²) in [6, 6.07) is 7.65. The number of nitrogens with one attached hydrogen (secondary N) is 1. The molecule has 2 aliphatic rings. The van der Waals surface area contributed by atoms with E-state index in [9.17, 15) is 14.4 Å². The number of hydrogen-bond donors (Lipinski definition) is 2. The third-order valence-corrected chi connectivity index (χ3v) is 5.18. The van der Waals surface area contributed by atoms with E-state index >= 15 is 0 Å². The highest BCUT2D eigenvalue weighted by atomic mass is 16.4. The number of amides is 2. The van der Waals surface area contributed by atoms with E-state index < -0.39 is 11.9 Å². The van der Waals surface area contributed by atoms with Gasteiger partial charge in [-0.2, -0.15) is 0 Å². The summed E-state index contributed by atoms with van der Waals surface area (Å²) in [6.45, 7) is 1.18. The molecule has 25 heavy (non-hydrogen) atoms. The normalized spacial score (nSPS) is 23.5. The number of nitrogens with zero attached hydrogens (tertiary/aromatic N) is 1. The minimum atomic E-state index is -0.801. The van der Waals surface area contributed by atoms with Gasteiger partial charge in [0.05, 0.1) is 5.92 Å². The standard InChI is InChI=1S/C19H24N2O4/c22-17-5-2-10-21(17)16-8-6-13(7-9-16)12-20-18(23)14-3-1-4-15(11-14)19(24)25/h6-9,14-15H,1-5,10-12H2,(H,20,23)(H,24,25). The van der Waals surface area contributed by atoms with E-state index in [1.165, 1.54) is 0 Å². The summed E-state index contributed by atoms with van der Waals surface area (Å²) >= 11 is 0. The number of rotatable bonds is 5. The van der Waals surface area contributed by atoms with Crippen molar-refractivity contribution < 1.29 is 19.5 Å². The van der Waals surface area contributed by atoms with E-state index in [1.54, 1.807) is 4.90 Å². The lowest BCUT2D eigenvalue weighted by molar-refractivity contribution is -0.144. The molecule has 1 aromatic carbocycles. The third-order valence-electron chi connectivity index (χ3n) is 5.18. The molecule has 0 aromatic heterocycles. The van der Waals surface area contributed by atoms with Gasteiger partial charge in [0, 0.05) is 31.1 Å². The first kappa shape index (κ1) is 17.5. The van der Waals surface area contributed by atoms with E-state index in [-0.39, 0.29) is 17.7 Å². The van der Waals surface area contributed by atoms with Gasteiger partial charge in [-0.1, -0.05) is 18.6 Å². The zero-order chi connectivity index (χ0) is 17.8. The molecule has 2 unspecified atom stereocenters. The van der Waals surface area contributed by atoms with Crippen LogP contribution < -0.4 is 10.2 Å². The van der Waals surface area contributed by atoms with Crippen LogP contribution in [0.2, 0.25) is 0 Å². The van der Waals surface area contributed by atoms with Crippen molar-refractivity contribution in [3.05, 3.63) is 29.8 Å². The lowest BCUT2D eigenvalue weighted by Crippen LogP contribution is -2.35. The largest absolute Gasteiger partial charge is 0.481 e. The molecule has 2 N–H and O–H groups in total. The number of carboxylic acid groups (broad SMARTS) is 1. The molecule has 2 amide bonds. The van der Waals surface area contributed by atoms with Crippen molar-refractivity contribution in [3.8, 4) is 0 Å². The van der Waals surface area contributed by atoms with E-state index in [0.29, 0.717) is 25.8 Å². The van der Waals surface area contributed by atoms with Crippen LogP contribution in [0.4, 0.5) is 5.69 Å². The Bertz CT molecular complexity index is 656. The SMILES string of the molecule is O=C(O)C1CCCC(C(=O)NCc2ccc(N3CCCC3=O)cc2)C1. The van der Waals surface area contributed by atoms with Crippen molar-refractivity contribution in [1.82, 2.24) is 5.32 Å². The van der Waals surface area contributed by atoms with Gasteiger partial charge in [0.15, 0.2) is 0 Å². The summed E-state index contributed by atoms with van der Waals surface area (Å²) in [4.78, 5) is 36.9. The molecule has 1 aromatic rings. The van der Waals surface area contributed by atoms with E-state index in [4.69, 9.17) is 5.11 Å². The van der Waals surface area contributed by atoms with Crippen LogP contribution >= 0.6 is 0 Å². The van der Waals surface area contributed by atoms with E-state index in [2.05, 4.69) is 5.32 Å². The van der Waals surface area contributed by atoms with Crippen molar-refractivity contribution >= 4 is 23.5 Å². The maximum atomic E-state index is 12.3. The van der Waals surface area contributed by atoms with Gasteiger partial charge in [-0.3, -0.25) is 14.4 Å². The lowest BCUT2D eigenvalue weighted by Gasteiger charge is -2.25. The fourth-order valence-electron chi connectivity index (χ4n) is 3.70. The maximum Gasteiger partial charge on any atom is 0.306 e. The fourth-order valence-corrected chi connectivity index (χ4v) is 3.70. The van der Waals surface area contributed by atoms with Crippen LogP contribution in [-0.2, 0) is 20.9 Å². The van der Waals surface area contributed by atoms with Gasteiger partial charge in [0.25, 0.3) is 0 Å². The highest BCUT2D eigenvalue weighted by molar-refractivity contribution is 5.95. The Kier molecular flexibility index (Phi) is 5.36. The summed E-state index contributed by atoms with van der Waals surface area (Å²) < 4.78 is 0. The maximum absolute atomic E-state index is 12.3. The smallest absolute Gasteiger partial charge is 0.306 e. The van der Waals surface area contributed by atoms with Crippen molar-refractivity contribution in [2.75, 3.05) is 11.4 Å². The lowest BCUT2D eigenvalue weighted by atomic mass is 9.81. The first-order chi connectivity index (χ1) is 12.0. The third kappa shape index (κ3) is 4.18. The monoisotopic (exact) mass is 344 g/mol. The number of carbonyl (C=O) groups is 3. The zero-order valence-electron chi connectivity index (χ0n) is 14.2. The molecule has 6 heteroatoms. The quantitative estimate of drug-likeness (QED) is 0.858. The van der Waals surface area contributed by atoms with Crippen LogP contribution in [-0.4, -0.2) is 29.4 Å². The van der Waals surface area contributed by atoms with Gasteiger partial charge in [-0.15, -0.1) is 0 Å². The molecule has 134 valence electrons. The van der Waals surface area contributed by atoms with Crippen molar-refractivity contribution in [3.63, 3.8) is 0 Å². The summed E-state index contributed by atoms with van der Waals surface area (Å²) in [5.41, 5.74) is 1.86. The Balaban J connectivity index is 1.52. The highest BCUT2D eigenvalue weighted by Crippen LogP contribution is 2.29. The summed E-state index contributed by atoms with van der Waals surface area (Å²) in [7, 11) is 0. The predicted molar refractivity (Wildman–Crippen MR) is 93.0 cm³/mol. The van der Waals surface area contributed by atoms with Crippen LogP contribution in [0.1, 0.15) is 44.1 Å². The summed E-state index contributed by atoms with van der Waals surface area (Å²) in [5.74, 6) is -1.32. The average molecular weight is 344 g/mol. The zero-order valence-corrected chi connectivity index (χ0v) is 14.2. The molecule has 2 atom stereocenters. The second kappa shape index (κ2) is 7.68. The average Bonchev–Trinajstić information content (AvgIpc) is 3.06. The topological polar surface area (TPSA) is 86.7 Å². The number of carbonyl (C=O) groups excluding carboxylic acids is 2. The van der Waals surface area contributed by atoms with Crippen LogP contribution in [0.15, 0.2) is 24.3 Å². The number of anilines is 1. The molecule has 1 heterocycles. The van der Waals surface area contributed by atoms with Crippen molar-refractivity contribution in [2.24, 2.45) is 11.8 Å². The second-order valence-corrected chi connectivity index (χ2v) is 6.93. The molecule has 1 aliphatic carbocycles. The van der Waals surface area contributed by atoms with Crippen molar-refractivity contribution in [2.45, 2.75) is 45.1 Å². The molecule has 3 rings (SSSR count). The summed E-state index contributed by atoms with van der Waals surface area (Å²) in [6.07, 6.45) is 4.14. The number of benzene rings is 1. The highest BCUT2D eigenvalue weighted by Gasteiger charge is 2.30. The molecule has 6 nitrogen and oxygen atoms in total. The Morgan fingerprint density at radius 3 is 2.48 bits per heavy atom. The van der Waals surface area contributed by atoms with Gasteiger partial charge < -0.3 is 15.3 Å². The minimum absolute atomic E-state index is 0.0650. The van der Waals surface area contributed by atoms with Crippen LogP contribution in [0.25, 0.3) is 0 Å². The molecule has 1 saturated heterocycles. The van der Waals surface area contributed by atoms with E-state index in [1.807, 2.05) is 24.3 Å². The molecule has 0 spiro atoms. The fraction of sp³-hybridized carbons (Fsp3) is 0.526. The number of aliphatic carboxylic acids is 1.